The Labute approximate surface area is 90.5 Å². The molecule has 2 saturated carbocycles. The molecule has 0 spiro atoms. The Bertz CT molecular complexity index is 291. The van der Waals surface area contributed by atoms with Crippen molar-refractivity contribution in [1.29, 1.82) is 0 Å². The largest absolute Gasteiger partial charge is 0.481 e. The molecule has 0 aliphatic heterocycles. The van der Waals surface area contributed by atoms with Gasteiger partial charge >= 0.3 is 5.97 Å². The van der Waals surface area contributed by atoms with Gasteiger partial charge in [0.1, 0.15) is 0 Å². The highest BCUT2D eigenvalue weighted by Crippen LogP contribution is 2.59. The normalized spacial score (nSPS) is 37.3. The maximum Gasteiger partial charge on any atom is 0.312 e. The summed E-state index contributed by atoms with van der Waals surface area (Å²) < 4.78 is 0. The summed E-state index contributed by atoms with van der Waals surface area (Å²) in [5.41, 5.74) is -1.70. The van der Waals surface area contributed by atoms with Crippen LogP contribution in [0.5, 0.6) is 0 Å². The highest BCUT2D eigenvalue weighted by molar-refractivity contribution is 5.77. The van der Waals surface area contributed by atoms with Gasteiger partial charge in [-0.3, -0.25) is 4.79 Å². The minimum atomic E-state index is -0.958. The first-order chi connectivity index (χ1) is 6.81. The standard InChI is InChI=1S/C12H20O3/c1-10(2)6-7-12(15,8-10)11(9(13)14)4-3-5-11/h15H,3-8H2,1-2H3,(H,13,14). The molecular formula is C12H20O3. The Morgan fingerprint density at radius 1 is 1.13 bits per heavy atom. The van der Waals surface area contributed by atoms with E-state index in [0.717, 1.165) is 12.8 Å². The summed E-state index contributed by atoms with van der Waals surface area (Å²) in [4.78, 5) is 11.3. The van der Waals surface area contributed by atoms with Crippen LogP contribution in [0.15, 0.2) is 0 Å². The van der Waals surface area contributed by atoms with Crippen LogP contribution in [-0.2, 0) is 4.79 Å². The number of hydrogen-bond donors (Lipinski definition) is 2. The van der Waals surface area contributed by atoms with Crippen LogP contribution in [0.1, 0.15) is 52.4 Å². The fourth-order valence-corrected chi connectivity index (χ4v) is 3.33. The molecule has 0 aromatic rings. The van der Waals surface area contributed by atoms with Gasteiger partial charge in [0.05, 0.1) is 11.0 Å². The molecule has 0 aromatic carbocycles. The second-order valence-corrected chi connectivity index (χ2v) is 6.11. The average Bonchev–Trinajstić information content (AvgIpc) is 2.22. The molecule has 2 rings (SSSR count). The topological polar surface area (TPSA) is 57.5 Å². The number of hydrogen-bond acceptors (Lipinski definition) is 2. The summed E-state index contributed by atoms with van der Waals surface area (Å²) in [5.74, 6) is -0.797. The minimum absolute atomic E-state index is 0.0901. The summed E-state index contributed by atoms with van der Waals surface area (Å²) >= 11 is 0. The molecule has 0 aromatic heterocycles. The number of carboxylic acid groups (broad SMARTS) is 1. The maximum atomic E-state index is 11.3. The molecule has 0 amide bonds. The molecule has 2 fully saturated rings. The molecule has 0 radical (unpaired) electrons. The zero-order valence-electron chi connectivity index (χ0n) is 9.55. The van der Waals surface area contributed by atoms with E-state index in [0.29, 0.717) is 25.7 Å². The fraction of sp³-hybridized carbons (Fsp3) is 0.917. The first-order valence-electron chi connectivity index (χ1n) is 5.77. The maximum absolute atomic E-state index is 11.3. The van der Waals surface area contributed by atoms with Crippen molar-refractivity contribution in [3.8, 4) is 0 Å². The van der Waals surface area contributed by atoms with Crippen LogP contribution in [-0.4, -0.2) is 21.8 Å². The summed E-state index contributed by atoms with van der Waals surface area (Å²) in [5, 5.41) is 19.9. The Morgan fingerprint density at radius 3 is 2.00 bits per heavy atom. The molecule has 86 valence electrons. The van der Waals surface area contributed by atoms with Gasteiger partial charge in [0, 0.05) is 0 Å². The van der Waals surface area contributed by atoms with Crippen LogP contribution in [0.4, 0.5) is 0 Å². The van der Waals surface area contributed by atoms with Crippen molar-refractivity contribution in [3.05, 3.63) is 0 Å². The van der Waals surface area contributed by atoms with E-state index < -0.39 is 17.0 Å². The smallest absolute Gasteiger partial charge is 0.312 e. The Hall–Kier alpha value is -0.570. The van der Waals surface area contributed by atoms with Gasteiger partial charge in [-0.1, -0.05) is 20.3 Å². The lowest BCUT2D eigenvalue weighted by Crippen LogP contribution is -2.56. The highest BCUT2D eigenvalue weighted by Gasteiger charge is 2.62. The molecule has 15 heavy (non-hydrogen) atoms. The van der Waals surface area contributed by atoms with E-state index in [1.54, 1.807) is 0 Å². The van der Waals surface area contributed by atoms with Gasteiger partial charge in [-0.15, -0.1) is 0 Å². The third-order valence-corrected chi connectivity index (χ3v) is 4.49. The zero-order valence-corrected chi connectivity index (χ0v) is 9.55. The predicted octanol–water partition coefficient (Wildman–Crippen LogP) is 2.18. The van der Waals surface area contributed by atoms with E-state index in [4.69, 9.17) is 0 Å². The van der Waals surface area contributed by atoms with Crippen LogP contribution in [0.3, 0.4) is 0 Å². The quantitative estimate of drug-likeness (QED) is 0.737. The van der Waals surface area contributed by atoms with E-state index in [1.165, 1.54) is 0 Å². The first-order valence-corrected chi connectivity index (χ1v) is 5.77. The first kappa shape index (κ1) is 10.9. The third-order valence-electron chi connectivity index (χ3n) is 4.49. The minimum Gasteiger partial charge on any atom is -0.481 e. The van der Waals surface area contributed by atoms with Crippen LogP contribution >= 0.6 is 0 Å². The zero-order chi connectivity index (χ0) is 11.3. The molecule has 1 unspecified atom stereocenters. The fourth-order valence-electron chi connectivity index (χ4n) is 3.33. The van der Waals surface area contributed by atoms with Gasteiger partial charge in [0.25, 0.3) is 0 Å². The van der Waals surface area contributed by atoms with E-state index in [1.807, 2.05) is 0 Å². The molecule has 0 saturated heterocycles. The summed E-state index contributed by atoms with van der Waals surface area (Å²) in [6.07, 6.45) is 4.44. The Balaban J connectivity index is 2.26. The van der Waals surface area contributed by atoms with Crippen molar-refractivity contribution in [3.63, 3.8) is 0 Å². The van der Waals surface area contributed by atoms with Gasteiger partial charge in [0.15, 0.2) is 0 Å². The highest BCUT2D eigenvalue weighted by atomic mass is 16.4. The second kappa shape index (κ2) is 2.97. The number of aliphatic carboxylic acids is 1. The summed E-state index contributed by atoms with van der Waals surface area (Å²) in [7, 11) is 0. The molecule has 2 aliphatic rings. The van der Waals surface area contributed by atoms with Gasteiger partial charge in [-0.2, -0.15) is 0 Å². The molecule has 2 aliphatic carbocycles. The number of carbonyl (C=O) groups is 1. The molecule has 3 nitrogen and oxygen atoms in total. The molecular weight excluding hydrogens is 192 g/mol. The Morgan fingerprint density at radius 2 is 1.73 bits per heavy atom. The molecule has 3 heteroatoms. The molecule has 0 bridgehead atoms. The average molecular weight is 212 g/mol. The molecule has 1 atom stereocenters. The Kier molecular flexibility index (Phi) is 2.16. The second-order valence-electron chi connectivity index (χ2n) is 6.11. The van der Waals surface area contributed by atoms with Crippen molar-refractivity contribution in [2.24, 2.45) is 10.8 Å². The van der Waals surface area contributed by atoms with Crippen LogP contribution in [0, 0.1) is 10.8 Å². The van der Waals surface area contributed by atoms with E-state index >= 15 is 0 Å². The third kappa shape index (κ3) is 1.40. The summed E-state index contributed by atoms with van der Waals surface area (Å²) in [6, 6.07) is 0. The molecule has 0 heterocycles. The number of aliphatic hydroxyl groups is 1. The van der Waals surface area contributed by atoms with Crippen molar-refractivity contribution in [2.75, 3.05) is 0 Å². The van der Waals surface area contributed by atoms with Gasteiger partial charge < -0.3 is 10.2 Å². The van der Waals surface area contributed by atoms with Crippen molar-refractivity contribution < 1.29 is 15.0 Å². The van der Waals surface area contributed by atoms with Crippen molar-refractivity contribution >= 4 is 5.97 Å². The SMILES string of the molecule is CC1(C)CCC(O)(C2(C(=O)O)CCC2)C1. The van der Waals surface area contributed by atoms with Crippen molar-refractivity contribution in [1.82, 2.24) is 0 Å². The number of carboxylic acids is 1. The summed E-state index contributed by atoms with van der Waals surface area (Å²) in [6.45, 7) is 4.22. The lowest BCUT2D eigenvalue weighted by molar-refractivity contribution is -0.184. The van der Waals surface area contributed by atoms with E-state index in [9.17, 15) is 15.0 Å². The predicted molar refractivity (Wildman–Crippen MR) is 56.5 cm³/mol. The van der Waals surface area contributed by atoms with Crippen LogP contribution < -0.4 is 0 Å². The van der Waals surface area contributed by atoms with Crippen molar-refractivity contribution in [2.45, 2.75) is 58.0 Å². The van der Waals surface area contributed by atoms with E-state index in [-0.39, 0.29) is 5.41 Å². The van der Waals surface area contributed by atoms with Crippen LogP contribution in [0.2, 0.25) is 0 Å². The van der Waals surface area contributed by atoms with Crippen LogP contribution in [0.25, 0.3) is 0 Å². The van der Waals surface area contributed by atoms with Gasteiger partial charge in [-0.25, -0.2) is 0 Å². The van der Waals surface area contributed by atoms with Gasteiger partial charge in [-0.05, 0) is 37.5 Å². The van der Waals surface area contributed by atoms with E-state index in [2.05, 4.69) is 13.8 Å². The number of rotatable bonds is 2. The van der Waals surface area contributed by atoms with Gasteiger partial charge in [0.2, 0.25) is 0 Å². The molecule has 2 N–H and O–H groups in total. The lowest BCUT2D eigenvalue weighted by atomic mass is 9.57. The monoisotopic (exact) mass is 212 g/mol. The lowest BCUT2D eigenvalue weighted by Gasteiger charge is -2.49.